The minimum absolute atomic E-state index is 0.0639. The van der Waals surface area contributed by atoms with Crippen molar-refractivity contribution in [1.29, 1.82) is 5.26 Å². The standard InChI is InChI=1S/C7H5FN2O2S/c8-13(11,10-6-9)12-7-4-2-1-3-5-7/h1-5H. The van der Waals surface area contributed by atoms with Gasteiger partial charge in [0.1, 0.15) is 5.75 Å². The van der Waals surface area contributed by atoms with Crippen LogP contribution in [0.3, 0.4) is 0 Å². The summed E-state index contributed by atoms with van der Waals surface area (Å²) in [6.45, 7) is 0. The predicted molar refractivity (Wildman–Crippen MR) is 44.4 cm³/mol. The molecule has 6 heteroatoms. The highest BCUT2D eigenvalue weighted by atomic mass is 32.3. The number of hydrogen-bond acceptors (Lipinski definition) is 4. The number of benzene rings is 1. The number of nitriles is 1. The van der Waals surface area contributed by atoms with Crippen LogP contribution in [0.1, 0.15) is 0 Å². The number of halogens is 1. The minimum Gasteiger partial charge on any atom is -0.372 e. The van der Waals surface area contributed by atoms with Crippen LogP contribution >= 0.6 is 0 Å². The second-order valence-electron chi connectivity index (χ2n) is 2.00. The molecule has 1 aromatic rings. The Kier molecular flexibility index (Phi) is 2.82. The lowest BCUT2D eigenvalue weighted by Crippen LogP contribution is -2.00. The first-order chi connectivity index (χ1) is 6.14. The Morgan fingerprint density at radius 2 is 2.08 bits per heavy atom. The van der Waals surface area contributed by atoms with Crippen LogP contribution in [0, 0.1) is 11.5 Å². The number of para-hydroxylation sites is 1. The van der Waals surface area contributed by atoms with E-state index in [-0.39, 0.29) is 5.75 Å². The van der Waals surface area contributed by atoms with Crippen LogP contribution in [0.2, 0.25) is 0 Å². The Hall–Kier alpha value is -1.61. The molecule has 0 spiro atoms. The molecule has 0 bridgehead atoms. The Morgan fingerprint density at radius 1 is 1.46 bits per heavy atom. The van der Waals surface area contributed by atoms with E-state index in [0.717, 1.165) is 6.19 Å². The maximum absolute atomic E-state index is 12.7. The number of hydrogen-bond donors (Lipinski definition) is 0. The molecule has 0 saturated carbocycles. The van der Waals surface area contributed by atoms with Gasteiger partial charge in [0.2, 0.25) is 6.19 Å². The van der Waals surface area contributed by atoms with Crippen LogP contribution in [-0.2, 0) is 10.4 Å². The molecule has 0 amide bonds. The summed E-state index contributed by atoms with van der Waals surface area (Å²) in [5.74, 6) is 0.0639. The van der Waals surface area contributed by atoms with Crippen molar-refractivity contribution < 1.29 is 12.3 Å². The fraction of sp³-hybridized carbons (Fsp3) is 0. The van der Waals surface area contributed by atoms with Crippen LogP contribution in [-0.4, -0.2) is 4.21 Å². The molecular formula is C7H5FN2O2S. The molecule has 1 rings (SSSR count). The molecule has 1 atom stereocenters. The third kappa shape index (κ3) is 3.09. The minimum atomic E-state index is -4.37. The van der Waals surface area contributed by atoms with Gasteiger partial charge in [-0.05, 0) is 12.1 Å². The van der Waals surface area contributed by atoms with Gasteiger partial charge in [-0.25, -0.2) is 0 Å². The maximum Gasteiger partial charge on any atom is 0.392 e. The van der Waals surface area contributed by atoms with Crippen LogP contribution in [0.25, 0.3) is 0 Å². The van der Waals surface area contributed by atoms with Crippen LogP contribution < -0.4 is 4.18 Å². The topological polar surface area (TPSA) is 62.5 Å². The molecule has 0 fully saturated rings. The molecule has 4 nitrogen and oxygen atoms in total. The van der Waals surface area contributed by atoms with E-state index < -0.39 is 10.4 Å². The lowest BCUT2D eigenvalue weighted by Gasteiger charge is -2.00. The predicted octanol–water partition coefficient (Wildman–Crippen LogP) is 1.81. The SMILES string of the molecule is N#CN=S(=O)(F)Oc1ccccc1. The average Bonchev–Trinajstić information content (AvgIpc) is 2.04. The van der Waals surface area contributed by atoms with Crippen molar-refractivity contribution in [2.45, 2.75) is 0 Å². The van der Waals surface area contributed by atoms with E-state index in [1.807, 2.05) is 0 Å². The van der Waals surface area contributed by atoms with Crippen LogP contribution in [0.5, 0.6) is 5.75 Å². The molecule has 1 aromatic carbocycles. The summed E-state index contributed by atoms with van der Waals surface area (Å²) in [4.78, 5) is 0. The average molecular weight is 200 g/mol. The van der Waals surface area contributed by atoms with Gasteiger partial charge in [0, 0.05) is 0 Å². The summed E-state index contributed by atoms with van der Waals surface area (Å²) in [5.41, 5.74) is 0. The third-order valence-electron chi connectivity index (χ3n) is 1.09. The highest BCUT2D eigenvalue weighted by Gasteiger charge is 2.07. The fourth-order valence-electron chi connectivity index (χ4n) is 0.662. The van der Waals surface area contributed by atoms with Gasteiger partial charge in [0.05, 0.1) is 0 Å². The molecule has 68 valence electrons. The number of nitrogens with zero attached hydrogens (tertiary/aromatic N) is 2. The number of rotatable bonds is 2. The third-order valence-corrected chi connectivity index (χ3v) is 1.79. The smallest absolute Gasteiger partial charge is 0.372 e. The molecule has 0 aliphatic carbocycles. The van der Waals surface area contributed by atoms with E-state index in [1.165, 1.54) is 12.1 Å². The lowest BCUT2D eigenvalue weighted by molar-refractivity contribution is 0.505. The Morgan fingerprint density at radius 3 is 2.62 bits per heavy atom. The normalized spacial score (nSPS) is 13.8. The highest BCUT2D eigenvalue weighted by Crippen LogP contribution is 2.13. The molecule has 1 unspecified atom stereocenters. The summed E-state index contributed by atoms with van der Waals surface area (Å²) in [6.07, 6.45) is 1.08. The van der Waals surface area contributed by atoms with Crippen molar-refractivity contribution >= 4 is 10.4 Å². The first-order valence-corrected chi connectivity index (χ1v) is 4.57. The Labute approximate surface area is 75.3 Å². The lowest BCUT2D eigenvalue weighted by atomic mass is 10.3. The molecule has 0 radical (unpaired) electrons. The van der Waals surface area contributed by atoms with E-state index in [0.29, 0.717) is 0 Å². The highest BCUT2D eigenvalue weighted by molar-refractivity contribution is 7.84. The zero-order valence-corrected chi connectivity index (χ0v) is 7.20. The summed E-state index contributed by atoms with van der Waals surface area (Å²) in [6, 6.07) is 7.67. The fourth-order valence-corrected chi connectivity index (χ4v) is 1.15. The summed E-state index contributed by atoms with van der Waals surface area (Å²) in [5, 5.41) is 7.96. The maximum atomic E-state index is 12.7. The van der Waals surface area contributed by atoms with E-state index >= 15 is 0 Å². The van der Waals surface area contributed by atoms with Crippen molar-refractivity contribution in [3.05, 3.63) is 30.3 Å². The van der Waals surface area contributed by atoms with Crippen molar-refractivity contribution in [1.82, 2.24) is 0 Å². The first-order valence-electron chi connectivity index (χ1n) is 3.23. The van der Waals surface area contributed by atoms with Gasteiger partial charge in [0.15, 0.2) is 0 Å². The summed E-state index contributed by atoms with van der Waals surface area (Å²) in [7, 11) is -4.37. The zero-order valence-electron chi connectivity index (χ0n) is 6.38. The van der Waals surface area contributed by atoms with Crippen molar-refractivity contribution in [2.75, 3.05) is 0 Å². The van der Waals surface area contributed by atoms with E-state index in [9.17, 15) is 8.09 Å². The molecular weight excluding hydrogens is 195 g/mol. The molecule has 0 aromatic heterocycles. The molecule has 0 N–H and O–H groups in total. The van der Waals surface area contributed by atoms with Crippen molar-refractivity contribution in [3.8, 4) is 11.9 Å². The molecule has 13 heavy (non-hydrogen) atoms. The quantitative estimate of drug-likeness (QED) is 0.540. The van der Waals surface area contributed by atoms with Crippen molar-refractivity contribution in [2.24, 2.45) is 4.36 Å². The first kappa shape index (κ1) is 9.48. The van der Waals surface area contributed by atoms with Crippen LogP contribution in [0.15, 0.2) is 34.7 Å². The van der Waals surface area contributed by atoms with Gasteiger partial charge in [-0.3, -0.25) is 0 Å². The molecule has 0 aliphatic heterocycles. The van der Waals surface area contributed by atoms with Gasteiger partial charge in [-0.15, -0.1) is 0 Å². The Bertz CT molecular complexity index is 432. The van der Waals surface area contributed by atoms with E-state index in [2.05, 4.69) is 8.55 Å². The van der Waals surface area contributed by atoms with Gasteiger partial charge >= 0.3 is 10.4 Å². The summed E-state index contributed by atoms with van der Waals surface area (Å²) >= 11 is 0. The second-order valence-corrected chi connectivity index (χ2v) is 3.17. The summed E-state index contributed by atoms with van der Waals surface area (Å²) < 4.78 is 30.2. The van der Waals surface area contributed by atoms with Gasteiger partial charge < -0.3 is 4.18 Å². The zero-order chi connectivity index (χ0) is 9.73. The van der Waals surface area contributed by atoms with Crippen molar-refractivity contribution in [3.63, 3.8) is 0 Å². The second kappa shape index (κ2) is 3.87. The van der Waals surface area contributed by atoms with E-state index in [4.69, 9.17) is 5.26 Å². The van der Waals surface area contributed by atoms with Gasteiger partial charge in [-0.1, -0.05) is 26.4 Å². The Balaban J connectivity index is 2.90. The van der Waals surface area contributed by atoms with Gasteiger partial charge in [-0.2, -0.15) is 9.47 Å². The van der Waals surface area contributed by atoms with Crippen LogP contribution in [0.4, 0.5) is 3.89 Å². The van der Waals surface area contributed by atoms with Gasteiger partial charge in [0.25, 0.3) is 0 Å². The largest absolute Gasteiger partial charge is 0.392 e. The molecule has 0 heterocycles. The van der Waals surface area contributed by atoms with E-state index in [1.54, 1.807) is 18.2 Å². The molecule has 0 saturated heterocycles. The monoisotopic (exact) mass is 200 g/mol. The molecule has 0 aliphatic rings.